The summed E-state index contributed by atoms with van der Waals surface area (Å²) in [6.07, 6.45) is -0.317. The number of carbonyl (C=O) groups excluding carboxylic acids is 2. The average molecular weight is 490 g/mol. The molecule has 10 heteroatoms. The van der Waals surface area contributed by atoms with Crippen LogP contribution in [0.25, 0.3) is 0 Å². The Morgan fingerprint density at radius 3 is 2.20 bits per heavy atom. The van der Waals surface area contributed by atoms with Gasteiger partial charge in [-0.2, -0.15) is 0 Å². The van der Waals surface area contributed by atoms with Gasteiger partial charge in [0.15, 0.2) is 0 Å². The van der Waals surface area contributed by atoms with Crippen molar-refractivity contribution in [1.82, 2.24) is 16.0 Å². The number of amides is 2. The van der Waals surface area contributed by atoms with E-state index in [4.69, 9.17) is 9.47 Å². The van der Waals surface area contributed by atoms with Gasteiger partial charge in [-0.1, -0.05) is 30.3 Å². The molecule has 0 spiro atoms. The number of hydrogen-bond acceptors (Lipinski definition) is 8. The van der Waals surface area contributed by atoms with Crippen molar-refractivity contribution in [2.45, 2.75) is 18.9 Å². The fraction of sp³-hybridized carbons (Fsp3) is 0.440. The molecule has 0 fully saturated rings. The number of aliphatic hydroxyl groups excluding tert-OH is 1. The Kier molecular flexibility index (Phi) is 12.8. The van der Waals surface area contributed by atoms with E-state index in [-0.39, 0.29) is 6.61 Å². The van der Waals surface area contributed by atoms with Gasteiger partial charge in [0.05, 0.1) is 14.2 Å². The summed E-state index contributed by atoms with van der Waals surface area (Å²) in [4.78, 5) is 22.2. The second-order valence-electron chi connectivity index (χ2n) is 7.61. The summed E-state index contributed by atoms with van der Waals surface area (Å²) in [6.45, 7) is 2.45. The lowest BCUT2D eigenvalue weighted by atomic mass is 10.1. The van der Waals surface area contributed by atoms with Gasteiger partial charge in [0, 0.05) is 26.2 Å². The number of carbonyl (C=O) groups is 2. The van der Waals surface area contributed by atoms with Gasteiger partial charge in [-0.05, 0) is 42.2 Å². The Bertz CT molecular complexity index is 893. The first-order chi connectivity index (χ1) is 17.0. The highest BCUT2D eigenvalue weighted by molar-refractivity contribution is 5.67. The van der Waals surface area contributed by atoms with Gasteiger partial charge in [0.25, 0.3) is 0 Å². The molecule has 0 aliphatic rings. The van der Waals surface area contributed by atoms with Crippen molar-refractivity contribution in [3.63, 3.8) is 0 Å². The number of alkyl carbamates (subject to hydrolysis) is 2. The van der Waals surface area contributed by atoms with Gasteiger partial charge >= 0.3 is 12.2 Å². The van der Waals surface area contributed by atoms with Crippen LogP contribution in [-0.2, 0) is 22.3 Å². The zero-order chi connectivity index (χ0) is 25.3. The van der Waals surface area contributed by atoms with Crippen LogP contribution < -0.4 is 25.4 Å². The first-order valence-corrected chi connectivity index (χ1v) is 11.5. The smallest absolute Gasteiger partial charge is 0.406 e. The third-order valence-corrected chi connectivity index (χ3v) is 4.97. The number of rotatable bonds is 15. The summed E-state index contributed by atoms with van der Waals surface area (Å²) in [5.41, 5.74) is 2.01. The molecule has 0 aliphatic heterocycles. The van der Waals surface area contributed by atoms with Crippen molar-refractivity contribution in [1.29, 1.82) is 0 Å². The van der Waals surface area contributed by atoms with Crippen LogP contribution >= 0.6 is 0 Å². The second-order valence-corrected chi connectivity index (χ2v) is 7.61. The summed E-state index contributed by atoms with van der Waals surface area (Å²) in [6, 6.07) is 15.2. The van der Waals surface area contributed by atoms with Gasteiger partial charge in [-0.25, -0.2) is 9.59 Å². The molecule has 192 valence electrons. The molecule has 0 radical (unpaired) electrons. The van der Waals surface area contributed by atoms with Crippen LogP contribution in [0.15, 0.2) is 48.5 Å². The molecule has 0 aromatic heterocycles. The molecule has 1 unspecified atom stereocenters. The molecular weight excluding hydrogens is 454 g/mol. The van der Waals surface area contributed by atoms with E-state index >= 15 is 0 Å². The number of hydrogen-bond donors (Lipinski definition) is 4. The minimum atomic E-state index is -0.686. The summed E-state index contributed by atoms with van der Waals surface area (Å²) >= 11 is 0. The van der Waals surface area contributed by atoms with E-state index in [1.165, 1.54) is 14.2 Å². The Morgan fingerprint density at radius 2 is 1.51 bits per heavy atom. The molecule has 1 atom stereocenters. The third-order valence-electron chi connectivity index (χ3n) is 4.97. The van der Waals surface area contributed by atoms with Crippen molar-refractivity contribution in [3.05, 3.63) is 59.7 Å². The molecule has 0 saturated heterocycles. The molecule has 2 amide bonds. The lowest BCUT2D eigenvalue weighted by molar-refractivity contribution is 0.105. The standard InChI is InChI=1S/C25H35N3O7/c1-32-24(30)27-13-11-19-7-9-22(10-8-19)34-16-15-26-17-21(29)18-35-23-6-4-3-5-20(23)12-14-28-25(31)33-2/h3-10,21,26,29H,11-18H2,1-2H3,(H,27,30)(H,28,31). The van der Waals surface area contributed by atoms with Crippen LogP contribution in [0.5, 0.6) is 11.5 Å². The molecule has 2 aromatic rings. The van der Waals surface area contributed by atoms with E-state index in [2.05, 4.69) is 25.4 Å². The molecule has 0 saturated carbocycles. The maximum Gasteiger partial charge on any atom is 0.406 e. The fourth-order valence-electron chi connectivity index (χ4n) is 3.11. The summed E-state index contributed by atoms with van der Waals surface area (Å²) in [5, 5.41) is 18.6. The minimum absolute atomic E-state index is 0.140. The highest BCUT2D eigenvalue weighted by Crippen LogP contribution is 2.18. The monoisotopic (exact) mass is 489 g/mol. The molecule has 0 heterocycles. The number of ether oxygens (including phenoxy) is 4. The predicted octanol–water partition coefficient (Wildman–Crippen LogP) is 1.89. The SMILES string of the molecule is COC(=O)NCCc1ccc(OCCNCC(O)COc2ccccc2CCNC(=O)OC)cc1. The number of benzene rings is 2. The lowest BCUT2D eigenvalue weighted by Gasteiger charge is -2.16. The van der Waals surface area contributed by atoms with Gasteiger partial charge in [-0.15, -0.1) is 0 Å². The van der Waals surface area contributed by atoms with Gasteiger partial charge in [0.1, 0.15) is 30.8 Å². The van der Waals surface area contributed by atoms with E-state index in [0.717, 1.165) is 16.9 Å². The zero-order valence-electron chi connectivity index (χ0n) is 20.2. The molecule has 10 nitrogen and oxygen atoms in total. The Balaban J connectivity index is 1.60. The van der Waals surface area contributed by atoms with Crippen LogP contribution in [-0.4, -0.2) is 77.0 Å². The second kappa shape index (κ2) is 16.2. The molecule has 35 heavy (non-hydrogen) atoms. The molecule has 0 aliphatic carbocycles. The fourth-order valence-corrected chi connectivity index (χ4v) is 3.11. The summed E-state index contributed by atoms with van der Waals surface area (Å²) in [7, 11) is 2.66. The maximum atomic E-state index is 11.2. The van der Waals surface area contributed by atoms with Crippen LogP contribution in [0.4, 0.5) is 9.59 Å². The largest absolute Gasteiger partial charge is 0.492 e. The van der Waals surface area contributed by atoms with Gasteiger partial charge in [0.2, 0.25) is 0 Å². The highest BCUT2D eigenvalue weighted by Gasteiger charge is 2.09. The molecule has 2 aromatic carbocycles. The van der Waals surface area contributed by atoms with E-state index in [1.807, 2.05) is 48.5 Å². The molecule has 0 bridgehead atoms. The van der Waals surface area contributed by atoms with Crippen molar-refractivity contribution < 1.29 is 33.6 Å². The van der Waals surface area contributed by atoms with Crippen molar-refractivity contribution >= 4 is 12.2 Å². The number of aliphatic hydroxyl groups is 1. The lowest BCUT2D eigenvalue weighted by Crippen LogP contribution is -2.33. The molecule has 2 rings (SSSR count). The Hall–Kier alpha value is -3.50. The number of para-hydroxylation sites is 1. The van der Waals surface area contributed by atoms with E-state index < -0.39 is 18.3 Å². The van der Waals surface area contributed by atoms with Crippen LogP contribution in [0.2, 0.25) is 0 Å². The van der Waals surface area contributed by atoms with Crippen LogP contribution in [0.3, 0.4) is 0 Å². The topological polar surface area (TPSA) is 127 Å². The van der Waals surface area contributed by atoms with Gasteiger partial charge in [-0.3, -0.25) is 0 Å². The number of nitrogens with one attached hydrogen (secondary N) is 3. The Labute approximate surface area is 205 Å². The zero-order valence-corrected chi connectivity index (χ0v) is 20.2. The van der Waals surface area contributed by atoms with Crippen LogP contribution in [0, 0.1) is 0 Å². The molecular formula is C25H35N3O7. The first-order valence-electron chi connectivity index (χ1n) is 11.5. The normalized spacial score (nSPS) is 11.3. The summed E-state index contributed by atoms with van der Waals surface area (Å²) < 4.78 is 20.6. The third kappa shape index (κ3) is 11.5. The van der Waals surface area contributed by atoms with Crippen molar-refractivity contribution in [2.75, 3.05) is 53.6 Å². The summed E-state index contributed by atoms with van der Waals surface area (Å²) in [5.74, 6) is 1.42. The quantitative estimate of drug-likeness (QED) is 0.279. The van der Waals surface area contributed by atoms with Crippen LogP contribution in [0.1, 0.15) is 11.1 Å². The van der Waals surface area contributed by atoms with E-state index in [1.54, 1.807) is 0 Å². The maximum absolute atomic E-state index is 11.2. The molecule has 4 N–H and O–H groups in total. The first kappa shape index (κ1) is 27.7. The van der Waals surface area contributed by atoms with E-state index in [0.29, 0.717) is 51.4 Å². The number of methoxy groups -OCH3 is 2. The van der Waals surface area contributed by atoms with Crippen molar-refractivity contribution in [3.8, 4) is 11.5 Å². The predicted molar refractivity (Wildman–Crippen MR) is 131 cm³/mol. The van der Waals surface area contributed by atoms with E-state index in [9.17, 15) is 14.7 Å². The average Bonchev–Trinajstić information content (AvgIpc) is 2.88. The van der Waals surface area contributed by atoms with Gasteiger partial charge < -0.3 is 40.0 Å². The van der Waals surface area contributed by atoms with Crippen molar-refractivity contribution in [2.24, 2.45) is 0 Å². The highest BCUT2D eigenvalue weighted by atomic mass is 16.5. The minimum Gasteiger partial charge on any atom is -0.492 e. The Morgan fingerprint density at radius 1 is 0.857 bits per heavy atom.